The molecule has 20 heavy (non-hydrogen) atoms. The van der Waals surface area contributed by atoms with E-state index in [9.17, 15) is 4.39 Å². The fourth-order valence-corrected chi connectivity index (χ4v) is 2.86. The molecule has 0 saturated carbocycles. The molecule has 0 spiro atoms. The van der Waals surface area contributed by atoms with Gasteiger partial charge in [-0.25, -0.2) is 4.39 Å². The van der Waals surface area contributed by atoms with E-state index in [4.69, 9.17) is 16.3 Å². The fourth-order valence-electron chi connectivity index (χ4n) is 2.69. The Labute approximate surface area is 122 Å². The molecule has 1 atom stereocenters. The zero-order valence-corrected chi connectivity index (χ0v) is 11.9. The minimum Gasteiger partial charge on any atom is -0.497 e. The van der Waals surface area contributed by atoms with E-state index in [1.54, 1.807) is 19.2 Å². The van der Waals surface area contributed by atoms with Crippen molar-refractivity contribution in [3.63, 3.8) is 0 Å². The first kappa shape index (κ1) is 13.3. The number of hydrogen-bond acceptors (Lipinski definition) is 2. The van der Waals surface area contributed by atoms with E-state index in [2.05, 4.69) is 5.32 Å². The highest BCUT2D eigenvalue weighted by atomic mass is 35.5. The number of rotatable bonds is 3. The van der Waals surface area contributed by atoms with E-state index in [1.807, 2.05) is 18.2 Å². The number of benzene rings is 2. The summed E-state index contributed by atoms with van der Waals surface area (Å²) >= 11 is 6.20. The Morgan fingerprint density at radius 2 is 2.15 bits per heavy atom. The molecule has 0 saturated heterocycles. The first-order valence-corrected chi connectivity index (χ1v) is 6.94. The van der Waals surface area contributed by atoms with Crippen LogP contribution < -0.4 is 10.1 Å². The van der Waals surface area contributed by atoms with Crippen molar-refractivity contribution in [1.82, 2.24) is 0 Å². The number of ether oxygens (including phenoxy) is 1. The molecule has 0 bridgehead atoms. The lowest BCUT2D eigenvalue weighted by molar-refractivity contribution is 0.415. The molecule has 0 fully saturated rings. The number of halogens is 2. The molecule has 0 heterocycles. The molecule has 0 radical (unpaired) electrons. The van der Waals surface area contributed by atoms with Gasteiger partial charge in [0.15, 0.2) is 0 Å². The number of hydrogen-bond donors (Lipinski definition) is 1. The van der Waals surface area contributed by atoms with Crippen molar-refractivity contribution in [1.29, 1.82) is 0 Å². The summed E-state index contributed by atoms with van der Waals surface area (Å²) in [5.41, 5.74) is 2.64. The summed E-state index contributed by atoms with van der Waals surface area (Å²) in [6.45, 7) is 0. The number of methoxy groups -OCH3 is 1. The molecule has 2 nitrogen and oxygen atoms in total. The van der Waals surface area contributed by atoms with Crippen molar-refractivity contribution in [3.05, 3.63) is 58.4 Å². The van der Waals surface area contributed by atoms with Gasteiger partial charge in [0.05, 0.1) is 23.9 Å². The summed E-state index contributed by atoms with van der Waals surface area (Å²) in [7, 11) is 1.62. The third-order valence-corrected chi connectivity index (χ3v) is 4.05. The average Bonchev–Trinajstić information content (AvgIpc) is 2.86. The minimum atomic E-state index is -0.122. The van der Waals surface area contributed by atoms with Crippen molar-refractivity contribution in [2.75, 3.05) is 12.4 Å². The Bertz CT molecular complexity index is 644. The first-order chi connectivity index (χ1) is 9.69. The number of nitrogens with one attached hydrogen (secondary N) is 1. The third kappa shape index (κ3) is 2.34. The summed E-state index contributed by atoms with van der Waals surface area (Å²) in [6.07, 6.45) is 1.62. The maximum Gasteiger partial charge on any atom is 0.126 e. The second-order valence-corrected chi connectivity index (χ2v) is 5.30. The standard InChI is InChI=1S/C16H15ClFNO/c1-20-10-5-7-13(17)16(9-10)19-15-8-6-11-12(15)3-2-4-14(11)18/h2-5,7,9,15,19H,6,8H2,1H3. The van der Waals surface area contributed by atoms with Crippen LogP contribution in [0.5, 0.6) is 5.75 Å². The molecule has 0 amide bonds. The van der Waals surface area contributed by atoms with Crippen molar-refractivity contribution < 1.29 is 9.13 Å². The van der Waals surface area contributed by atoms with Crippen LogP contribution in [0.15, 0.2) is 36.4 Å². The van der Waals surface area contributed by atoms with Crippen LogP contribution in [-0.4, -0.2) is 7.11 Å². The zero-order valence-electron chi connectivity index (χ0n) is 11.1. The minimum absolute atomic E-state index is 0.0882. The summed E-state index contributed by atoms with van der Waals surface area (Å²) < 4.78 is 18.9. The van der Waals surface area contributed by atoms with E-state index in [0.717, 1.165) is 35.4 Å². The van der Waals surface area contributed by atoms with Gasteiger partial charge in [-0.3, -0.25) is 0 Å². The molecule has 1 N–H and O–H groups in total. The van der Waals surface area contributed by atoms with E-state index in [1.165, 1.54) is 6.07 Å². The van der Waals surface area contributed by atoms with Crippen molar-refractivity contribution in [3.8, 4) is 5.75 Å². The Morgan fingerprint density at radius 1 is 1.30 bits per heavy atom. The predicted molar refractivity (Wildman–Crippen MR) is 79.1 cm³/mol. The highest BCUT2D eigenvalue weighted by Crippen LogP contribution is 2.37. The van der Waals surface area contributed by atoms with Crippen LogP contribution in [0.4, 0.5) is 10.1 Å². The van der Waals surface area contributed by atoms with Gasteiger partial charge in [-0.2, -0.15) is 0 Å². The van der Waals surface area contributed by atoms with Crippen molar-refractivity contribution >= 4 is 17.3 Å². The molecule has 1 aliphatic rings. The van der Waals surface area contributed by atoms with E-state index < -0.39 is 0 Å². The molecular formula is C16H15ClFNO. The molecule has 4 heteroatoms. The fraction of sp³-hybridized carbons (Fsp3) is 0.250. The van der Waals surface area contributed by atoms with Gasteiger partial charge in [0.1, 0.15) is 11.6 Å². The molecule has 0 aromatic heterocycles. The van der Waals surface area contributed by atoms with Gasteiger partial charge in [-0.1, -0.05) is 23.7 Å². The van der Waals surface area contributed by atoms with Crippen LogP contribution in [0.2, 0.25) is 5.02 Å². The number of fused-ring (bicyclic) bond motifs is 1. The van der Waals surface area contributed by atoms with Gasteiger partial charge < -0.3 is 10.1 Å². The third-order valence-electron chi connectivity index (χ3n) is 3.72. The average molecular weight is 292 g/mol. The predicted octanol–water partition coefficient (Wildman–Crippen LogP) is 4.59. The second-order valence-electron chi connectivity index (χ2n) is 4.89. The summed E-state index contributed by atoms with van der Waals surface area (Å²) in [4.78, 5) is 0. The van der Waals surface area contributed by atoms with Crippen LogP contribution in [0.25, 0.3) is 0 Å². The first-order valence-electron chi connectivity index (χ1n) is 6.56. The van der Waals surface area contributed by atoms with Crippen LogP contribution in [0.3, 0.4) is 0 Å². The lowest BCUT2D eigenvalue weighted by Crippen LogP contribution is -2.07. The van der Waals surface area contributed by atoms with Crippen molar-refractivity contribution in [2.24, 2.45) is 0 Å². The van der Waals surface area contributed by atoms with Gasteiger partial charge in [-0.05, 0) is 42.2 Å². The maximum absolute atomic E-state index is 13.7. The van der Waals surface area contributed by atoms with E-state index in [0.29, 0.717) is 5.02 Å². The largest absolute Gasteiger partial charge is 0.497 e. The second kappa shape index (κ2) is 5.33. The molecule has 2 aromatic rings. The Kier molecular flexibility index (Phi) is 3.53. The lowest BCUT2D eigenvalue weighted by atomic mass is 10.1. The van der Waals surface area contributed by atoms with Gasteiger partial charge in [0, 0.05) is 6.07 Å². The van der Waals surface area contributed by atoms with E-state index in [-0.39, 0.29) is 11.9 Å². The van der Waals surface area contributed by atoms with Crippen LogP contribution in [-0.2, 0) is 6.42 Å². The zero-order chi connectivity index (χ0) is 14.1. The molecule has 104 valence electrons. The molecule has 0 aliphatic heterocycles. The highest BCUT2D eigenvalue weighted by Gasteiger charge is 2.25. The van der Waals surface area contributed by atoms with Crippen LogP contribution >= 0.6 is 11.6 Å². The van der Waals surface area contributed by atoms with Gasteiger partial charge in [0.2, 0.25) is 0 Å². The normalized spacial score (nSPS) is 16.9. The van der Waals surface area contributed by atoms with Crippen LogP contribution in [0, 0.1) is 5.82 Å². The van der Waals surface area contributed by atoms with Gasteiger partial charge in [-0.15, -0.1) is 0 Å². The Hall–Kier alpha value is -1.74. The molecule has 1 aliphatic carbocycles. The maximum atomic E-state index is 13.7. The quantitative estimate of drug-likeness (QED) is 0.893. The smallest absolute Gasteiger partial charge is 0.126 e. The van der Waals surface area contributed by atoms with Crippen LogP contribution in [0.1, 0.15) is 23.6 Å². The summed E-state index contributed by atoms with van der Waals surface area (Å²) in [5, 5.41) is 4.02. The molecule has 1 unspecified atom stereocenters. The monoisotopic (exact) mass is 291 g/mol. The van der Waals surface area contributed by atoms with Gasteiger partial charge >= 0.3 is 0 Å². The van der Waals surface area contributed by atoms with Gasteiger partial charge in [0.25, 0.3) is 0 Å². The van der Waals surface area contributed by atoms with E-state index >= 15 is 0 Å². The lowest BCUT2D eigenvalue weighted by Gasteiger charge is -2.17. The summed E-state index contributed by atoms with van der Waals surface area (Å²) in [5.74, 6) is 0.623. The topological polar surface area (TPSA) is 21.3 Å². The SMILES string of the molecule is COc1ccc(Cl)c(NC2CCc3c(F)cccc32)c1. The Balaban J connectivity index is 1.89. The molecule has 3 rings (SSSR count). The molecule has 2 aromatic carbocycles. The summed E-state index contributed by atoms with van der Waals surface area (Å²) in [6, 6.07) is 10.8. The van der Waals surface area contributed by atoms with Crippen molar-refractivity contribution in [2.45, 2.75) is 18.9 Å². The number of anilines is 1. The highest BCUT2D eigenvalue weighted by molar-refractivity contribution is 6.33. The Morgan fingerprint density at radius 3 is 2.95 bits per heavy atom. The molecular weight excluding hydrogens is 277 g/mol.